The van der Waals surface area contributed by atoms with Crippen LogP contribution in [0.15, 0.2) is 48.5 Å². The third kappa shape index (κ3) is 6.13. The van der Waals surface area contributed by atoms with Crippen LogP contribution in [-0.4, -0.2) is 68.5 Å². The molecule has 1 fully saturated rings. The maximum atomic E-state index is 12.8. The summed E-state index contributed by atoms with van der Waals surface area (Å²) in [6.07, 6.45) is 1.23. The Labute approximate surface area is 182 Å². The van der Waals surface area contributed by atoms with Crippen molar-refractivity contribution in [2.75, 3.05) is 44.4 Å². The Kier molecular flexibility index (Phi) is 7.42. The summed E-state index contributed by atoms with van der Waals surface area (Å²) in [6, 6.07) is 14.0. The summed E-state index contributed by atoms with van der Waals surface area (Å²) in [5.74, 6) is -0.805. The van der Waals surface area contributed by atoms with E-state index in [4.69, 9.17) is 4.74 Å². The van der Waals surface area contributed by atoms with Gasteiger partial charge in [0, 0.05) is 38.3 Å². The molecule has 0 radical (unpaired) electrons. The maximum absolute atomic E-state index is 12.8. The van der Waals surface area contributed by atoms with E-state index in [1.165, 1.54) is 10.6 Å². The first-order valence-electron chi connectivity index (χ1n) is 10.1. The number of benzene rings is 2. The molecule has 0 spiro atoms. The lowest BCUT2D eigenvalue weighted by atomic mass is 10.1. The van der Waals surface area contributed by atoms with Crippen LogP contribution in [-0.2, 0) is 21.3 Å². The Morgan fingerprint density at radius 3 is 2.42 bits per heavy atom. The van der Waals surface area contributed by atoms with Crippen LogP contribution in [0, 0.1) is 0 Å². The predicted octanol–water partition coefficient (Wildman–Crippen LogP) is 2.19. The SMILES string of the molecule is CCOC(=O)c1ccccc1NC(=O)c1cccc(CN2CCN(S(C)(=O)=O)CC2)c1. The van der Waals surface area contributed by atoms with E-state index < -0.39 is 16.0 Å². The number of sulfonamides is 1. The van der Waals surface area contributed by atoms with Crippen LogP contribution in [0.3, 0.4) is 0 Å². The molecule has 0 aliphatic carbocycles. The minimum absolute atomic E-state index is 0.252. The zero-order chi connectivity index (χ0) is 22.4. The fraction of sp³-hybridized carbons (Fsp3) is 0.364. The van der Waals surface area contributed by atoms with Gasteiger partial charge in [0.1, 0.15) is 0 Å². The molecule has 8 nitrogen and oxygen atoms in total. The first-order chi connectivity index (χ1) is 14.8. The third-order valence-electron chi connectivity index (χ3n) is 5.07. The van der Waals surface area contributed by atoms with Crippen LogP contribution in [0.4, 0.5) is 5.69 Å². The van der Waals surface area contributed by atoms with Crippen molar-refractivity contribution in [1.29, 1.82) is 0 Å². The highest BCUT2D eigenvalue weighted by molar-refractivity contribution is 7.88. The van der Waals surface area contributed by atoms with Gasteiger partial charge in [-0.3, -0.25) is 9.69 Å². The molecule has 166 valence electrons. The number of piperazine rings is 1. The second-order valence-corrected chi connectivity index (χ2v) is 9.34. The lowest BCUT2D eigenvalue weighted by Gasteiger charge is -2.33. The van der Waals surface area contributed by atoms with Crippen LogP contribution in [0.2, 0.25) is 0 Å². The van der Waals surface area contributed by atoms with Crippen molar-refractivity contribution >= 4 is 27.6 Å². The second kappa shape index (κ2) is 10.0. The molecule has 1 aliphatic heterocycles. The summed E-state index contributed by atoms with van der Waals surface area (Å²) in [7, 11) is -3.16. The number of anilines is 1. The highest BCUT2D eigenvalue weighted by Crippen LogP contribution is 2.18. The summed E-state index contributed by atoms with van der Waals surface area (Å²) in [5.41, 5.74) is 2.14. The van der Waals surface area contributed by atoms with Crippen LogP contribution in [0.1, 0.15) is 33.2 Å². The molecule has 1 saturated heterocycles. The number of carbonyl (C=O) groups is 2. The summed E-state index contributed by atoms with van der Waals surface area (Å²) in [5, 5.41) is 2.79. The van der Waals surface area contributed by atoms with E-state index in [2.05, 4.69) is 10.2 Å². The third-order valence-corrected chi connectivity index (χ3v) is 6.37. The van der Waals surface area contributed by atoms with Crippen molar-refractivity contribution in [2.24, 2.45) is 0 Å². The number of nitrogens with zero attached hydrogens (tertiary/aromatic N) is 2. The van der Waals surface area contributed by atoms with Gasteiger partial charge in [0.05, 0.1) is 24.1 Å². The molecule has 0 atom stereocenters. The van der Waals surface area contributed by atoms with Gasteiger partial charge in [0.2, 0.25) is 10.0 Å². The van der Waals surface area contributed by atoms with Gasteiger partial charge in [-0.05, 0) is 36.8 Å². The molecule has 1 amide bonds. The van der Waals surface area contributed by atoms with Gasteiger partial charge in [-0.15, -0.1) is 0 Å². The first-order valence-corrected chi connectivity index (χ1v) is 12.0. The zero-order valence-electron chi connectivity index (χ0n) is 17.7. The minimum atomic E-state index is -3.16. The Bertz CT molecular complexity index is 1050. The molecule has 3 rings (SSSR count). The molecule has 1 aliphatic rings. The number of rotatable bonds is 7. The fourth-order valence-corrected chi connectivity index (χ4v) is 4.29. The average Bonchev–Trinajstić information content (AvgIpc) is 2.74. The van der Waals surface area contributed by atoms with Crippen molar-refractivity contribution in [3.63, 3.8) is 0 Å². The number of ether oxygens (including phenoxy) is 1. The molecule has 0 bridgehead atoms. The molecular formula is C22H27N3O5S. The van der Waals surface area contributed by atoms with Crippen molar-refractivity contribution in [2.45, 2.75) is 13.5 Å². The Hall–Kier alpha value is -2.75. The number of amides is 1. The predicted molar refractivity (Wildman–Crippen MR) is 118 cm³/mol. The fourth-order valence-electron chi connectivity index (χ4n) is 3.46. The van der Waals surface area contributed by atoms with E-state index in [-0.39, 0.29) is 12.5 Å². The summed E-state index contributed by atoms with van der Waals surface area (Å²) in [6.45, 7) is 4.80. The van der Waals surface area contributed by atoms with Gasteiger partial charge in [0.25, 0.3) is 5.91 Å². The Morgan fingerprint density at radius 1 is 1.03 bits per heavy atom. The maximum Gasteiger partial charge on any atom is 0.340 e. The molecule has 9 heteroatoms. The molecule has 1 heterocycles. The van der Waals surface area contributed by atoms with Crippen molar-refractivity contribution in [3.8, 4) is 0 Å². The summed E-state index contributed by atoms with van der Waals surface area (Å²) >= 11 is 0. The highest BCUT2D eigenvalue weighted by atomic mass is 32.2. The lowest BCUT2D eigenvalue weighted by molar-refractivity contribution is 0.0527. The second-order valence-electron chi connectivity index (χ2n) is 7.36. The Balaban J connectivity index is 1.66. The number of esters is 1. The van der Waals surface area contributed by atoms with E-state index in [1.807, 2.05) is 18.2 Å². The van der Waals surface area contributed by atoms with Gasteiger partial charge in [-0.2, -0.15) is 4.31 Å². The minimum Gasteiger partial charge on any atom is -0.462 e. The topological polar surface area (TPSA) is 96.0 Å². The van der Waals surface area contributed by atoms with E-state index in [0.717, 1.165) is 5.56 Å². The number of para-hydroxylation sites is 1. The molecule has 31 heavy (non-hydrogen) atoms. The van der Waals surface area contributed by atoms with Gasteiger partial charge in [0.15, 0.2) is 0 Å². The lowest BCUT2D eigenvalue weighted by Crippen LogP contribution is -2.47. The van der Waals surface area contributed by atoms with E-state index >= 15 is 0 Å². The molecular weight excluding hydrogens is 418 g/mol. The standard InChI is InChI=1S/C22H27N3O5S/c1-3-30-22(27)19-9-4-5-10-20(19)23-21(26)18-8-6-7-17(15-18)16-24-11-13-25(14-12-24)31(2,28)29/h4-10,15H,3,11-14,16H2,1-2H3,(H,23,26). The van der Waals surface area contributed by atoms with Crippen molar-refractivity contribution in [1.82, 2.24) is 9.21 Å². The molecule has 0 unspecified atom stereocenters. The van der Waals surface area contributed by atoms with Crippen LogP contribution in [0.5, 0.6) is 0 Å². The monoisotopic (exact) mass is 445 g/mol. The average molecular weight is 446 g/mol. The molecule has 2 aromatic carbocycles. The number of carbonyl (C=O) groups excluding carboxylic acids is 2. The van der Waals surface area contributed by atoms with E-state index in [0.29, 0.717) is 49.5 Å². The summed E-state index contributed by atoms with van der Waals surface area (Å²) < 4.78 is 29.8. The molecule has 1 N–H and O–H groups in total. The highest BCUT2D eigenvalue weighted by Gasteiger charge is 2.23. The number of hydrogen-bond acceptors (Lipinski definition) is 6. The van der Waals surface area contributed by atoms with Crippen LogP contribution in [0.25, 0.3) is 0 Å². The number of nitrogens with one attached hydrogen (secondary N) is 1. The largest absolute Gasteiger partial charge is 0.462 e. The first kappa shape index (κ1) is 22.9. The molecule has 2 aromatic rings. The molecule has 0 aromatic heterocycles. The van der Waals surface area contributed by atoms with Gasteiger partial charge < -0.3 is 10.1 Å². The molecule has 0 saturated carbocycles. The van der Waals surface area contributed by atoms with Gasteiger partial charge >= 0.3 is 5.97 Å². The van der Waals surface area contributed by atoms with Gasteiger partial charge in [-0.1, -0.05) is 24.3 Å². The number of hydrogen-bond donors (Lipinski definition) is 1. The van der Waals surface area contributed by atoms with Gasteiger partial charge in [-0.25, -0.2) is 13.2 Å². The zero-order valence-corrected chi connectivity index (χ0v) is 18.5. The summed E-state index contributed by atoms with van der Waals surface area (Å²) in [4.78, 5) is 27.1. The quantitative estimate of drug-likeness (QED) is 0.657. The van der Waals surface area contributed by atoms with Crippen LogP contribution < -0.4 is 5.32 Å². The van der Waals surface area contributed by atoms with E-state index in [1.54, 1.807) is 37.3 Å². The smallest absolute Gasteiger partial charge is 0.340 e. The van der Waals surface area contributed by atoms with E-state index in [9.17, 15) is 18.0 Å². The van der Waals surface area contributed by atoms with Crippen LogP contribution >= 0.6 is 0 Å². The Morgan fingerprint density at radius 2 is 1.74 bits per heavy atom. The van der Waals surface area contributed by atoms with Crippen molar-refractivity contribution in [3.05, 3.63) is 65.2 Å². The van der Waals surface area contributed by atoms with Crippen molar-refractivity contribution < 1.29 is 22.7 Å². The normalized spacial score (nSPS) is 15.4.